The van der Waals surface area contributed by atoms with Gasteiger partial charge in [0.05, 0.1) is 12.0 Å². The maximum Gasteiger partial charge on any atom is 0.407 e. The number of carboxylic acids is 1. The first kappa shape index (κ1) is 25.6. The molecule has 0 fully saturated rings. The zero-order chi connectivity index (χ0) is 24.7. The van der Waals surface area contributed by atoms with Crippen molar-refractivity contribution in [2.75, 3.05) is 25.2 Å². The molecule has 3 rings (SSSR count). The molecule has 2 amide bonds. The van der Waals surface area contributed by atoms with Crippen LogP contribution in [0.4, 0.5) is 4.79 Å². The first-order valence-electron chi connectivity index (χ1n) is 11.0. The Kier molecular flexibility index (Phi) is 8.57. The summed E-state index contributed by atoms with van der Waals surface area (Å²) in [5.74, 6) is -1.15. The van der Waals surface area contributed by atoms with E-state index in [4.69, 9.17) is 9.84 Å². The summed E-state index contributed by atoms with van der Waals surface area (Å²) in [5.41, 5.74) is 2.83. The molecule has 0 bridgehead atoms. The summed E-state index contributed by atoms with van der Waals surface area (Å²) in [6.07, 6.45) is 1.03. The Morgan fingerprint density at radius 3 is 2.24 bits per heavy atom. The van der Waals surface area contributed by atoms with Gasteiger partial charge in [-0.15, -0.1) is 0 Å². The topological polar surface area (TPSA) is 125 Å². The third kappa shape index (κ3) is 6.51. The lowest BCUT2D eigenvalue weighted by atomic mass is 9.98. The summed E-state index contributed by atoms with van der Waals surface area (Å²) < 4.78 is 5.53. The predicted octanol–water partition coefficient (Wildman–Crippen LogP) is 2.99. The lowest BCUT2D eigenvalue weighted by molar-refractivity contribution is -0.142. The molecular formula is C25H30N2O6S. The van der Waals surface area contributed by atoms with Crippen molar-refractivity contribution in [3.05, 3.63) is 59.7 Å². The predicted molar refractivity (Wildman–Crippen MR) is 131 cm³/mol. The van der Waals surface area contributed by atoms with E-state index in [0.717, 1.165) is 22.3 Å². The average Bonchev–Trinajstić information content (AvgIpc) is 3.12. The number of hydrogen-bond donors (Lipinski definition) is 4. The van der Waals surface area contributed by atoms with E-state index in [2.05, 4.69) is 22.8 Å². The Labute approximate surface area is 203 Å². The SMILES string of the molecule is CSCC[C@@H](NC(=O)OCC1c2ccccc2-c2ccccc21)C(=O)NCC(C)(O)CC(=O)O. The molecule has 0 aliphatic heterocycles. The van der Waals surface area contributed by atoms with Crippen LogP contribution in [0, 0.1) is 0 Å². The van der Waals surface area contributed by atoms with Crippen LogP contribution in [0.5, 0.6) is 0 Å². The third-order valence-electron chi connectivity index (χ3n) is 5.74. The van der Waals surface area contributed by atoms with Crippen molar-refractivity contribution < 1.29 is 29.3 Å². The van der Waals surface area contributed by atoms with Crippen LogP contribution >= 0.6 is 11.8 Å². The zero-order valence-electron chi connectivity index (χ0n) is 19.2. The fourth-order valence-corrected chi connectivity index (χ4v) is 4.55. The highest BCUT2D eigenvalue weighted by atomic mass is 32.2. The summed E-state index contributed by atoms with van der Waals surface area (Å²) >= 11 is 1.53. The fraction of sp³-hybridized carbons (Fsp3) is 0.400. The van der Waals surface area contributed by atoms with Gasteiger partial charge in [-0.25, -0.2) is 4.79 Å². The van der Waals surface area contributed by atoms with Crippen LogP contribution in [0.15, 0.2) is 48.5 Å². The molecule has 34 heavy (non-hydrogen) atoms. The summed E-state index contributed by atoms with van der Waals surface area (Å²) in [7, 11) is 0. The Bertz CT molecular complexity index is 996. The molecule has 0 saturated carbocycles. The standard InChI is InChI=1S/C25H30N2O6S/c1-25(32,13-22(28)29)15-26-23(30)21(11-12-34-2)27-24(31)33-14-20-18-9-5-3-7-16(18)17-8-4-6-10-19(17)20/h3-10,20-21,32H,11-15H2,1-2H3,(H,26,30)(H,27,31)(H,28,29)/t21-,25?/m1/s1. The fourth-order valence-electron chi connectivity index (χ4n) is 4.08. The van der Waals surface area contributed by atoms with Gasteiger partial charge in [-0.2, -0.15) is 11.8 Å². The molecule has 4 N–H and O–H groups in total. The minimum atomic E-state index is -1.60. The molecule has 0 spiro atoms. The average molecular weight is 487 g/mol. The van der Waals surface area contributed by atoms with Crippen LogP contribution in [-0.4, -0.2) is 65.0 Å². The van der Waals surface area contributed by atoms with Gasteiger partial charge in [-0.1, -0.05) is 48.5 Å². The van der Waals surface area contributed by atoms with Crippen LogP contribution in [0.1, 0.15) is 36.8 Å². The molecule has 0 radical (unpaired) electrons. The number of rotatable bonds is 11. The van der Waals surface area contributed by atoms with Gasteiger partial charge in [-0.05, 0) is 47.6 Å². The van der Waals surface area contributed by atoms with Crippen molar-refractivity contribution in [2.45, 2.75) is 37.3 Å². The van der Waals surface area contributed by atoms with Gasteiger partial charge >= 0.3 is 12.1 Å². The van der Waals surface area contributed by atoms with Gasteiger partial charge in [0.25, 0.3) is 0 Å². The quantitative estimate of drug-likeness (QED) is 0.385. The Balaban J connectivity index is 1.61. The number of aliphatic carboxylic acids is 1. The van der Waals surface area contributed by atoms with E-state index in [9.17, 15) is 19.5 Å². The van der Waals surface area contributed by atoms with E-state index in [1.165, 1.54) is 18.7 Å². The summed E-state index contributed by atoms with van der Waals surface area (Å²) in [5, 5.41) is 24.2. The molecule has 2 aromatic rings. The largest absolute Gasteiger partial charge is 0.481 e. The number of nitrogens with one attached hydrogen (secondary N) is 2. The van der Waals surface area contributed by atoms with Crippen molar-refractivity contribution in [3.8, 4) is 11.1 Å². The smallest absolute Gasteiger partial charge is 0.407 e. The maximum atomic E-state index is 12.7. The molecular weight excluding hydrogens is 456 g/mol. The van der Waals surface area contributed by atoms with Crippen LogP contribution in [0.2, 0.25) is 0 Å². The van der Waals surface area contributed by atoms with Gasteiger partial charge in [0.1, 0.15) is 12.6 Å². The first-order valence-corrected chi connectivity index (χ1v) is 12.4. The number of benzene rings is 2. The number of carbonyl (C=O) groups is 3. The van der Waals surface area contributed by atoms with Crippen LogP contribution in [0.25, 0.3) is 11.1 Å². The molecule has 0 saturated heterocycles. The summed E-state index contributed by atoms with van der Waals surface area (Å²) in [6.45, 7) is 1.21. The Morgan fingerprint density at radius 1 is 1.09 bits per heavy atom. The highest BCUT2D eigenvalue weighted by Gasteiger charge is 2.30. The lowest BCUT2D eigenvalue weighted by Gasteiger charge is -2.24. The second kappa shape index (κ2) is 11.4. The summed E-state index contributed by atoms with van der Waals surface area (Å²) in [4.78, 5) is 36.1. The first-order chi connectivity index (χ1) is 16.2. The molecule has 0 aromatic heterocycles. The monoisotopic (exact) mass is 486 g/mol. The van der Waals surface area contributed by atoms with Crippen molar-refractivity contribution in [2.24, 2.45) is 0 Å². The third-order valence-corrected chi connectivity index (χ3v) is 6.38. The highest BCUT2D eigenvalue weighted by molar-refractivity contribution is 7.98. The molecule has 182 valence electrons. The Hall–Kier alpha value is -3.04. The molecule has 1 aliphatic rings. The number of ether oxygens (including phenoxy) is 1. The van der Waals surface area contributed by atoms with Gasteiger partial charge in [-0.3, -0.25) is 9.59 Å². The van der Waals surface area contributed by atoms with Crippen molar-refractivity contribution in [3.63, 3.8) is 0 Å². The zero-order valence-corrected chi connectivity index (χ0v) is 20.1. The van der Waals surface area contributed by atoms with Gasteiger partial charge in [0.2, 0.25) is 5.91 Å². The van der Waals surface area contributed by atoms with Crippen LogP contribution < -0.4 is 10.6 Å². The molecule has 2 aromatic carbocycles. The highest BCUT2D eigenvalue weighted by Crippen LogP contribution is 2.44. The van der Waals surface area contributed by atoms with Crippen LogP contribution in [-0.2, 0) is 14.3 Å². The number of carboxylic acid groups (broad SMARTS) is 1. The lowest BCUT2D eigenvalue weighted by Crippen LogP contribution is -2.51. The van der Waals surface area contributed by atoms with Crippen molar-refractivity contribution >= 4 is 29.7 Å². The van der Waals surface area contributed by atoms with Crippen molar-refractivity contribution in [1.82, 2.24) is 10.6 Å². The van der Waals surface area contributed by atoms with E-state index < -0.39 is 36.0 Å². The number of thioether (sulfide) groups is 1. The van der Waals surface area contributed by atoms with Crippen molar-refractivity contribution in [1.29, 1.82) is 0 Å². The minimum absolute atomic E-state index is 0.0947. The number of alkyl carbamates (subject to hydrolysis) is 1. The number of aliphatic hydroxyl groups is 1. The second-order valence-corrected chi connectivity index (χ2v) is 9.57. The number of fused-ring (bicyclic) bond motifs is 3. The molecule has 2 atom stereocenters. The van der Waals surface area contributed by atoms with E-state index in [0.29, 0.717) is 12.2 Å². The number of hydrogen-bond acceptors (Lipinski definition) is 6. The second-order valence-electron chi connectivity index (χ2n) is 8.59. The molecule has 0 heterocycles. The van der Waals surface area contributed by atoms with Gasteiger partial charge in [0, 0.05) is 12.5 Å². The van der Waals surface area contributed by atoms with Gasteiger partial charge in [0.15, 0.2) is 0 Å². The van der Waals surface area contributed by atoms with Crippen LogP contribution in [0.3, 0.4) is 0 Å². The Morgan fingerprint density at radius 2 is 1.68 bits per heavy atom. The summed E-state index contributed by atoms with van der Waals surface area (Å²) in [6, 6.07) is 15.2. The molecule has 1 unspecified atom stereocenters. The normalized spacial score (nSPS) is 14.9. The van der Waals surface area contributed by atoms with E-state index in [1.807, 2.05) is 42.7 Å². The number of amides is 2. The minimum Gasteiger partial charge on any atom is -0.481 e. The van der Waals surface area contributed by atoms with E-state index in [1.54, 1.807) is 0 Å². The van der Waals surface area contributed by atoms with E-state index in [-0.39, 0.29) is 19.1 Å². The maximum absolute atomic E-state index is 12.7. The molecule has 1 aliphatic carbocycles. The van der Waals surface area contributed by atoms with Gasteiger partial charge < -0.3 is 25.6 Å². The number of carbonyl (C=O) groups excluding carboxylic acids is 2. The molecule has 9 heteroatoms. The molecule has 8 nitrogen and oxygen atoms in total. The van der Waals surface area contributed by atoms with E-state index >= 15 is 0 Å².